The number of hydrogen-bond donors (Lipinski definition) is 0. The van der Waals surface area contributed by atoms with E-state index in [4.69, 9.17) is 9.47 Å². The van der Waals surface area contributed by atoms with Crippen LogP contribution < -0.4 is 9.47 Å². The van der Waals surface area contributed by atoms with E-state index in [1.165, 1.54) is 12.1 Å². The molecule has 0 saturated carbocycles. The van der Waals surface area contributed by atoms with Gasteiger partial charge in [0.05, 0.1) is 16.6 Å². The van der Waals surface area contributed by atoms with Gasteiger partial charge in [0.2, 0.25) is 12.6 Å². The summed E-state index contributed by atoms with van der Waals surface area (Å²) in [6, 6.07) is 7.35. The Kier molecular flexibility index (Phi) is 2.35. The summed E-state index contributed by atoms with van der Waals surface area (Å²) in [5.41, 5.74) is -0.421. The summed E-state index contributed by atoms with van der Waals surface area (Å²) in [6.45, 7) is -0.147. The number of ketones is 2. The van der Waals surface area contributed by atoms with E-state index in [0.717, 1.165) is 6.07 Å². The van der Waals surface area contributed by atoms with Crippen LogP contribution in [0.4, 0.5) is 5.69 Å². The van der Waals surface area contributed by atoms with Crippen molar-refractivity contribution in [1.29, 1.82) is 0 Å². The zero-order valence-corrected chi connectivity index (χ0v) is 11.0. The van der Waals surface area contributed by atoms with Gasteiger partial charge >= 0.3 is 0 Å². The number of rotatable bonds is 1. The molecule has 7 nitrogen and oxygen atoms in total. The van der Waals surface area contributed by atoms with Crippen LogP contribution in [0.2, 0.25) is 0 Å². The monoisotopic (exact) mass is 297 g/mol. The quantitative estimate of drug-likeness (QED) is 0.504. The van der Waals surface area contributed by atoms with Crippen molar-refractivity contribution >= 4 is 17.3 Å². The molecule has 0 bridgehead atoms. The number of carbonyl (C=O) groups is 2. The first kappa shape index (κ1) is 12.5. The summed E-state index contributed by atoms with van der Waals surface area (Å²) in [4.78, 5) is 35.9. The molecule has 2 aromatic rings. The van der Waals surface area contributed by atoms with Crippen LogP contribution in [-0.2, 0) is 0 Å². The highest BCUT2D eigenvalue weighted by Crippen LogP contribution is 2.46. The lowest BCUT2D eigenvalue weighted by Crippen LogP contribution is -2.22. The van der Waals surface area contributed by atoms with Crippen LogP contribution in [-0.4, -0.2) is 23.3 Å². The molecule has 22 heavy (non-hydrogen) atoms. The lowest BCUT2D eigenvalue weighted by atomic mass is 9.82. The van der Waals surface area contributed by atoms with Gasteiger partial charge in [0.25, 0.3) is 5.69 Å². The molecule has 2 aliphatic rings. The molecule has 1 aliphatic carbocycles. The van der Waals surface area contributed by atoms with Gasteiger partial charge in [0, 0.05) is 11.1 Å². The predicted molar refractivity (Wildman–Crippen MR) is 72.5 cm³/mol. The summed E-state index contributed by atoms with van der Waals surface area (Å²) in [5.74, 6) is -0.842. The van der Waals surface area contributed by atoms with Crippen LogP contribution in [0.3, 0.4) is 0 Å². The van der Waals surface area contributed by atoms with Gasteiger partial charge in [-0.1, -0.05) is 24.3 Å². The number of nitro groups is 1. The van der Waals surface area contributed by atoms with Gasteiger partial charge in [-0.05, 0) is 0 Å². The molecule has 0 amide bonds. The van der Waals surface area contributed by atoms with Gasteiger partial charge in [0.1, 0.15) is 5.56 Å². The molecule has 1 aliphatic heterocycles. The van der Waals surface area contributed by atoms with Crippen molar-refractivity contribution in [2.24, 2.45) is 0 Å². The Morgan fingerprint density at radius 1 is 1.00 bits per heavy atom. The highest BCUT2D eigenvalue weighted by atomic mass is 16.7. The minimum absolute atomic E-state index is 0.0912. The minimum atomic E-state index is -0.695. The summed E-state index contributed by atoms with van der Waals surface area (Å²) in [6.07, 6.45) is 0. The Morgan fingerprint density at radius 3 is 2.27 bits per heavy atom. The van der Waals surface area contributed by atoms with Crippen LogP contribution >= 0.6 is 0 Å². The molecule has 2 aromatic carbocycles. The Bertz CT molecular complexity index is 886. The van der Waals surface area contributed by atoms with E-state index < -0.39 is 22.2 Å². The maximum absolute atomic E-state index is 12.7. The van der Waals surface area contributed by atoms with E-state index in [1.807, 2.05) is 0 Å². The molecule has 108 valence electrons. The van der Waals surface area contributed by atoms with E-state index >= 15 is 0 Å². The average Bonchev–Trinajstić information content (AvgIpc) is 2.99. The smallest absolute Gasteiger partial charge is 0.285 e. The fraction of sp³-hybridized carbons (Fsp3) is 0.0667. The number of fused-ring (bicyclic) bond motifs is 4. The standard InChI is InChI=1S/C15H7NO6/c17-13-7-3-1-2-4-8(7)14(18)12-11(13)9(16(19)20)5-10-15(12)22-6-21-10/h1-5H,6H2. The molecular weight excluding hydrogens is 290 g/mol. The second-order valence-corrected chi connectivity index (χ2v) is 4.84. The molecule has 0 unspecified atom stereocenters. The normalized spacial score (nSPS) is 14.5. The molecular formula is C15H7NO6. The van der Waals surface area contributed by atoms with Gasteiger partial charge in [-0.25, -0.2) is 0 Å². The van der Waals surface area contributed by atoms with E-state index in [-0.39, 0.29) is 40.5 Å². The molecule has 0 saturated heterocycles. The molecule has 4 rings (SSSR count). The second kappa shape index (κ2) is 4.14. The molecule has 0 aromatic heterocycles. The maximum Gasteiger partial charge on any atom is 0.285 e. The van der Waals surface area contributed by atoms with E-state index in [2.05, 4.69) is 0 Å². The summed E-state index contributed by atoms with van der Waals surface area (Å²) in [7, 11) is 0. The molecule has 0 N–H and O–H groups in total. The van der Waals surface area contributed by atoms with Crippen LogP contribution in [0.15, 0.2) is 30.3 Å². The first-order chi connectivity index (χ1) is 10.6. The zero-order valence-electron chi connectivity index (χ0n) is 11.0. The Labute approximate surface area is 123 Å². The number of ether oxygens (including phenoxy) is 2. The van der Waals surface area contributed by atoms with Crippen LogP contribution in [0.1, 0.15) is 31.8 Å². The molecule has 0 fully saturated rings. The van der Waals surface area contributed by atoms with Gasteiger partial charge in [-0.3, -0.25) is 19.7 Å². The lowest BCUT2D eigenvalue weighted by Gasteiger charge is -2.18. The largest absolute Gasteiger partial charge is 0.453 e. The maximum atomic E-state index is 12.7. The second-order valence-electron chi connectivity index (χ2n) is 4.84. The van der Waals surface area contributed by atoms with Crippen LogP contribution in [0, 0.1) is 10.1 Å². The van der Waals surface area contributed by atoms with Gasteiger partial charge in [-0.2, -0.15) is 0 Å². The van der Waals surface area contributed by atoms with Crippen LogP contribution in [0.25, 0.3) is 0 Å². The van der Waals surface area contributed by atoms with Crippen molar-refractivity contribution < 1.29 is 24.0 Å². The molecule has 0 atom stereocenters. The third-order valence-electron chi connectivity index (χ3n) is 3.71. The summed E-state index contributed by atoms with van der Waals surface area (Å²) in [5, 5.41) is 11.3. The lowest BCUT2D eigenvalue weighted by molar-refractivity contribution is -0.385. The Balaban J connectivity index is 2.12. The molecule has 0 spiro atoms. The van der Waals surface area contributed by atoms with E-state index in [1.54, 1.807) is 12.1 Å². The summed E-state index contributed by atoms with van der Waals surface area (Å²) >= 11 is 0. The van der Waals surface area contributed by atoms with Crippen molar-refractivity contribution in [3.63, 3.8) is 0 Å². The van der Waals surface area contributed by atoms with Crippen molar-refractivity contribution in [1.82, 2.24) is 0 Å². The molecule has 0 radical (unpaired) electrons. The SMILES string of the molecule is O=C1c2ccccc2C(=O)c2c3c(cc([N+](=O)[O-])c21)OCO3. The third-order valence-corrected chi connectivity index (χ3v) is 3.71. The topological polar surface area (TPSA) is 95.7 Å². The van der Waals surface area contributed by atoms with Crippen molar-refractivity contribution in [2.75, 3.05) is 6.79 Å². The average molecular weight is 297 g/mol. The van der Waals surface area contributed by atoms with E-state index in [9.17, 15) is 19.7 Å². The van der Waals surface area contributed by atoms with Crippen molar-refractivity contribution in [2.45, 2.75) is 0 Å². The molecule has 7 heteroatoms. The third kappa shape index (κ3) is 1.44. The highest BCUT2D eigenvalue weighted by Gasteiger charge is 2.41. The first-order valence-electron chi connectivity index (χ1n) is 6.39. The van der Waals surface area contributed by atoms with Crippen molar-refractivity contribution in [3.8, 4) is 11.5 Å². The number of benzene rings is 2. The Hall–Kier alpha value is -3.22. The van der Waals surface area contributed by atoms with Crippen LogP contribution in [0.5, 0.6) is 11.5 Å². The van der Waals surface area contributed by atoms with Crippen molar-refractivity contribution in [3.05, 3.63) is 62.7 Å². The van der Waals surface area contributed by atoms with E-state index in [0.29, 0.717) is 0 Å². The van der Waals surface area contributed by atoms with Gasteiger partial charge in [-0.15, -0.1) is 0 Å². The number of nitrogens with zero attached hydrogens (tertiary/aromatic N) is 1. The summed E-state index contributed by atoms with van der Waals surface area (Å²) < 4.78 is 10.4. The van der Waals surface area contributed by atoms with Gasteiger partial charge in [0.15, 0.2) is 17.3 Å². The predicted octanol–water partition coefficient (Wildman–Crippen LogP) is 2.10. The fourth-order valence-corrected chi connectivity index (χ4v) is 2.77. The zero-order chi connectivity index (χ0) is 15.4. The highest BCUT2D eigenvalue weighted by molar-refractivity contribution is 6.31. The molecule has 1 heterocycles. The number of carbonyl (C=O) groups excluding carboxylic acids is 2. The van der Waals surface area contributed by atoms with Gasteiger partial charge < -0.3 is 9.47 Å². The number of nitro benzene ring substituents is 1. The first-order valence-corrected chi connectivity index (χ1v) is 6.39. The number of hydrogen-bond acceptors (Lipinski definition) is 6. The fourth-order valence-electron chi connectivity index (χ4n) is 2.77. The minimum Gasteiger partial charge on any atom is -0.453 e. The Morgan fingerprint density at radius 2 is 1.64 bits per heavy atom.